The van der Waals surface area contributed by atoms with Gasteiger partial charge < -0.3 is 19.9 Å². The van der Waals surface area contributed by atoms with Gasteiger partial charge >= 0.3 is 0 Å². The molecular formula is C13H18BrNO3. The lowest BCUT2D eigenvalue weighted by molar-refractivity contribution is 0.138. The molecule has 0 aromatic heterocycles. The number of methoxy groups -OCH3 is 1. The Labute approximate surface area is 116 Å². The van der Waals surface area contributed by atoms with Crippen LogP contribution in [0.2, 0.25) is 0 Å². The van der Waals surface area contributed by atoms with Crippen LogP contribution in [0.3, 0.4) is 0 Å². The molecule has 5 heteroatoms. The Morgan fingerprint density at radius 3 is 2.94 bits per heavy atom. The van der Waals surface area contributed by atoms with Crippen LogP contribution in [0.4, 0.5) is 0 Å². The van der Waals surface area contributed by atoms with Gasteiger partial charge in [0, 0.05) is 6.42 Å². The zero-order valence-electron chi connectivity index (χ0n) is 10.4. The van der Waals surface area contributed by atoms with Crippen LogP contribution in [0.1, 0.15) is 12.0 Å². The number of ether oxygens (including phenoxy) is 3. The third-order valence-electron chi connectivity index (χ3n) is 2.89. The van der Waals surface area contributed by atoms with E-state index in [4.69, 9.17) is 19.9 Å². The van der Waals surface area contributed by atoms with E-state index in [9.17, 15) is 0 Å². The highest BCUT2D eigenvalue weighted by Gasteiger charge is 2.21. The number of halogens is 1. The van der Waals surface area contributed by atoms with Crippen molar-refractivity contribution in [2.45, 2.75) is 18.9 Å². The van der Waals surface area contributed by atoms with Crippen molar-refractivity contribution in [2.24, 2.45) is 5.73 Å². The molecule has 0 spiro atoms. The Morgan fingerprint density at radius 1 is 1.50 bits per heavy atom. The summed E-state index contributed by atoms with van der Waals surface area (Å²) < 4.78 is 17.5. The molecule has 1 aliphatic rings. The molecule has 18 heavy (non-hydrogen) atoms. The van der Waals surface area contributed by atoms with Crippen LogP contribution in [-0.2, 0) is 11.2 Å². The molecule has 1 aromatic carbocycles. The average molecular weight is 316 g/mol. The van der Waals surface area contributed by atoms with Crippen molar-refractivity contribution >= 4 is 15.9 Å². The van der Waals surface area contributed by atoms with Crippen molar-refractivity contribution in [3.8, 4) is 11.5 Å². The summed E-state index contributed by atoms with van der Waals surface area (Å²) in [6.45, 7) is 2.02. The molecule has 0 bridgehead atoms. The Morgan fingerprint density at radius 2 is 2.33 bits per heavy atom. The average Bonchev–Trinajstić information content (AvgIpc) is 2.85. The summed E-state index contributed by atoms with van der Waals surface area (Å²) in [4.78, 5) is 0. The molecule has 0 aliphatic carbocycles. The number of benzene rings is 1. The van der Waals surface area contributed by atoms with Gasteiger partial charge in [0.25, 0.3) is 0 Å². The van der Waals surface area contributed by atoms with Crippen LogP contribution < -0.4 is 15.2 Å². The molecule has 1 saturated heterocycles. The van der Waals surface area contributed by atoms with Crippen LogP contribution in [-0.4, -0.2) is 33.0 Å². The van der Waals surface area contributed by atoms with E-state index in [0.717, 1.165) is 41.0 Å². The Hall–Kier alpha value is -0.780. The highest BCUT2D eigenvalue weighted by molar-refractivity contribution is 9.10. The van der Waals surface area contributed by atoms with E-state index >= 15 is 0 Å². The lowest BCUT2D eigenvalue weighted by atomic mass is 10.1. The van der Waals surface area contributed by atoms with Gasteiger partial charge in [0.2, 0.25) is 0 Å². The Kier molecular flexibility index (Phi) is 4.86. The zero-order chi connectivity index (χ0) is 13.0. The van der Waals surface area contributed by atoms with Crippen LogP contribution >= 0.6 is 15.9 Å². The van der Waals surface area contributed by atoms with E-state index in [-0.39, 0.29) is 6.10 Å². The number of hydrogen-bond donors (Lipinski definition) is 1. The molecule has 1 aliphatic heterocycles. The van der Waals surface area contributed by atoms with E-state index < -0.39 is 0 Å². The summed E-state index contributed by atoms with van der Waals surface area (Å²) in [5, 5.41) is 0. The lowest BCUT2D eigenvalue weighted by Gasteiger charge is -2.17. The number of nitrogens with two attached hydrogens (primary N) is 1. The summed E-state index contributed by atoms with van der Waals surface area (Å²) in [7, 11) is 1.64. The Balaban J connectivity index is 2.21. The molecule has 1 fully saturated rings. The molecule has 0 saturated carbocycles. The molecular weight excluding hydrogens is 298 g/mol. The van der Waals surface area contributed by atoms with Crippen molar-refractivity contribution in [1.29, 1.82) is 0 Å². The summed E-state index contributed by atoms with van der Waals surface area (Å²) in [5.41, 5.74) is 6.70. The minimum Gasteiger partial charge on any atom is -0.493 e. The predicted octanol–water partition coefficient (Wildman–Crippen LogP) is 2.13. The van der Waals surface area contributed by atoms with E-state index in [2.05, 4.69) is 15.9 Å². The van der Waals surface area contributed by atoms with Gasteiger partial charge in [0.05, 0.1) is 24.8 Å². The molecule has 2 N–H and O–H groups in total. The molecule has 4 nitrogen and oxygen atoms in total. The van der Waals surface area contributed by atoms with Gasteiger partial charge in [-0.05, 0) is 46.6 Å². The van der Waals surface area contributed by atoms with Gasteiger partial charge in [-0.25, -0.2) is 0 Å². The predicted molar refractivity (Wildman–Crippen MR) is 73.3 cm³/mol. The van der Waals surface area contributed by atoms with Gasteiger partial charge in [-0.3, -0.25) is 0 Å². The highest BCUT2D eigenvalue weighted by atomic mass is 79.9. The van der Waals surface area contributed by atoms with E-state index in [1.54, 1.807) is 7.11 Å². The fourth-order valence-corrected chi connectivity index (χ4v) is 2.55. The molecule has 1 atom stereocenters. The molecule has 0 amide bonds. The molecule has 1 heterocycles. The molecule has 1 unspecified atom stereocenters. The van der Waals surface area contributed by atoms with Crippen LogP contribution in [0, 0.1) is 0 Å². The number of rotatable bonds is 5. The first-order valence-corrected chi connectivity index (χ1v) is 6.84. The van der Waals surface area contributed by atoms with Crippen molar-refractivity contribution in [3.63, 3.8) is 0 Å². The first-order valence-electron chi connectivity index (χ1n) is 6.05. The van der Waals surface area contributed by atoms with E-state index in [1.807, 2.05) is 12.1 Å². The van der Waals surface area contributed by atoms with Gasteiger partial charge in [-0.2, -0.15) is 0 Å². The molecule has 0 radical (unpaired) electrons. The zero-order valence-corrected chi connectivity index (χ0v) is 12.0. The summed E-state index contributed by atoms with van der Waals surface area (Å²) >= 11 is 3.53. The monoisotopic (exact) mass is 315 g/mol. The SMILES string of the molecule is COc1cc(CCN)cc(Br)c1OC1CCOC1. The smallest absolute Gasteiger partial charge is 0.175 e. The van der Waals surface area contributed by atoms with Crippen LogP contribution in [0.25, 0.3) is 0 Å². The van der Waals surface area contributed by atoms with Gasteiger partial charge in [-0.15, -0.1) is 0 Å². The van der Waals surface area contributed by atoms with Gasteiger partial charge in [0.1, 0.15) is 6.10 Å². The van der Waals surface area contributed by atoms with Crippen molar-refractivity contribution < 1.29 is 14.2 Å². The summed E-state index contributed by atoms with van der Waals surface area (Å²) in [6, 6.07) is 4.00. The Bertz CT molecular complexity index is 405. The fraction of sp³-hybridized carbons (Fsp3) is 0.538. The third-order valence-corrected chi connectivity index (χ3v) is 3.48. The van der Waals surface area contributed by atoms with E-state index in [1.165, 1.54) is 0 Å². The quantitative estimate of drug-likeness (QED) is 0.904. The van der Waals surface area contributed by atoms with Gasteiger partial charge in [0.15, 0.2) is 11.5 Å². The van der Waals surface area contributed by atoms with Gasteiger partial charge in [-0.1, -0.05) is 0 Å². The first kappa shape index (κ1) is 13.6. The standard InChI is InChI=1S/C13H18BrNO3/c1-16-12-7-9(2-4-15)6-11(14)13(12)18-10-3-5-17-8-10/h6-7,10H,2-5,8,15H2,1H3. The lowest BCUT2D eigenvalue weighted by Crippen LogP contribution is -2.16. The second-order valence-electron chi connectivity index (χ2n) is 4.25. The fourth-order valence-electron chi connectivity index (χ4n) is 1.97. The van der Waals surface area contributed by atoms with Crippen LogP contribution in [0.5, 0.6) is 11.5 Å². The highest BCUT2D eigenvalue weighted by Crippen LogP contribution is 2.38. The third kappa shape index (κ3) is 3.16. The summed E-state index contributed by atoms with van der Waals surface area (Å²) in [5.74, 6) is 1.48. The number of hydrogen-bond acceptors (Lipinski definition) is 4. The largest absolute Gasteiger partial charge is 0.493 e. The summed E-state index contributed by atoms with van der Waals surface area (Å²) in [6.07, 6.45) is 1.85. The maximum absolute atomic E-state index is 5.93. The van der Waals surface area contributed by atoms with E-state index in [0.29, 0.717) is 13.2 Å². The second kappa shape index (κ2) is 6.41. The van der Waals surface area contributed by atoms with Crippen molar-refractivity contribution in [1.82, 2.24) is 0 Å². The topological polar surface area (TPSA) is 53.7 Å². The maximum Gasteiger partial charge on any atom is 0.175 e. The van der Waals surface area contributed by atoms with Crippen LogP contribution in [0.15, 0.2) is 16.6 Å². The normalized spacial score (nSPS) is 18.9. The van der Waals surface area contributed by atoms with Crippen molar-refractivity contribution in [3.05, 3.63) is 22.2 Å². The second-order valence-corrected chi connectivity index (χ2v) is 5.11. The molecule has 1 aromatic rings. The van der Waals surface area contributed by atoms with Crippen molar-refractivity contribution in [2.75, 3.05) is 26.9 Å². The minimum atomic E-state index is 0.107. The molecule has 2 rings (SSSR count). The molecule has 100 valence electrons. The maximum atomic E-state index is 5.93. The first-order chi connectivity index (χ1) is 8.74. The minimum absolute atomic E-state index is 0.107.